The molecule has 0 bridgehead atoms. The van der Waals surface area contributed by atoms with E-state index < -0.39 is 4.92 Å². The first-order valence-corrected chi connectivity index (χ1v) is 6.72. The van der Waals surface area contributed by atoms with Gasteiger partial charge < -0.3 is 5.32 Å². The summed E-state index contributed by atoms with van der Waals surface area (Å²) in [6, 6.07) is 11.0. The Kier molecular flexibility index (Phi) is 4.34. The minimum absolute atomic E-state index is 0.0480. The summed E-state index contributed by atoms with van der Waals surface area (Å²) < 4.78 is 13.5. The third-order valence-electron chi connectivity index (χ3n) is 2.91. The van der Waals surface area contributed by atoms with Crippen LogP contribution >= 0.6 is 15.9 Å². The molecule has 1 atom stereocenters. The fourth-order valence-corrected chi connectivity index (χ4v) is 2.18. The molecule has 2 aromatic rings. The van der Waals surface area contributed by atoms with Crippen LogP contribution in [0.15, 0.2) is 46.9 Å². The topological polar surface area (TPSA) is 55.2 Å². The molecule has 0 saturated heterocycles. The van der Waals surface area contributed by atoms with E-state index in [0.717, 1.165) is 11.3 Å². The molecule has 0 aromatic heterocycles. The molecule has 104 valence electrons. The summed E-state index contributed by atoms with van der Waals surface area (Å²) in [5.41, 5.74) is 1.74. The molecule has 0 spiro atoms. The molecule has 0 aliphatic heterocycles. The molecule has 0 amide bonds. The van der Waals surface area contributed by atoms with E-state index in [9.17, 15) is 14.5 Å². The second-order valence-electron chi connectivity index (χ2n) is 4.34. The Bertz CT molecular complexity index is 632. The van der Waals surface area contributed by atoms with Crippen molar-refractivity contribution < 1.29 is 9.31 Å². The molecule has 0 radical (unpaired) electrons. The fourth-order valence-electron chi connectivity index (χ4n) is 1.80. The average Bonchev–Trinajstić information content (AvgIpc) is 2.43. The third-order valence-corrected chi connectivity index (χ3v) is 3.51. The minimum atomic E-state index is -0.432. The first-order chi connectivity index (χ1) is 9.47. The smallest absolute Gasteiger partial charge is 0.269 e. The van der Waals surface area contributed by atoms with E-state index in [0.29, 0.717) is 4.47 Å². The predicted octanol–water partition coefficient (Wildman–Crippen LogP) is 4.67. The maximum Gasteiger partial charge on any atom is 0.269 e. The van der Waals surface area contributed by atoms with Crippen LogP contribution in [0.3, 0.4) is 0 Å². The number of halogens is 2. The maximum absolute atomic E-state index is 13.1. The largest absolute Gasteiger partial charge is 0.378 e. The Balaban J connectivity index is 2.12. The van der Waals surface area contributed by atoms with Gasteiger partial charge in [-0.2, -0.15) is 0 Å². The van der Waals surface area contributed by atoms with Crippen LogP contribution in [0.25, 0.3) is 0 Å². The third kappa shape index (κ3) is 3.33. The molecule has 0 saturated carbocycles. The quantitative estimate of drug-likeness (QED) is 0.651. The maximum atomic E-state index is 13.1. The molecule has 0 heterocycles. The second kappa shape index (κ2) is 6.00. The van der Waals surface area contributed by atoms with E-state index in [1.54, 1.807) is 24.3 Å². The zero-order valence-electron chi connectivity index (χ0n) is 10.6. The van der Waals surface area contributed by atoms with Gasteiger partial charge in [0, 0.05) is 23.9 Å². The number of anilines is 1. The number of hydrogen-bond acceptors (Lipinski definition) is 3. The number of benzene rings is 2. The molecule has 20 heavy (non-hydrogen) atoms. The first kappa shape index (κ1) is 14.5. The highest BCUT2D eigenvalue weighted by Crippen LogP contribution is 2.25. The summed E-state index contributed by atoms with van der Waals surface area (Å²) in [7, 11) is 0. The van der Waals surface area contributed by atoms with Crippen LogP contribution in [-0.2, 0) is 0 Å². The summed E-state index contributed by atoms with van der Waals surface area (Å²) in [4.78, 5) is 10.2. The highest BCUT2D eigenvalue weighted by molar-refractivity contribution is 9.10. The van der Waals surface area contributed by atoms with Gasteiger partial charge in [-0.3, -0.25) is 10.1 Å². The van der Waals surface area contributed by atoms with Crippen LogP contribution < -0.4 is 5.32 Å². The lowest BCUT2D eigenvalue weighted by molar-refractivity contribution is -0.384. The lowest BCUT2D eigenvalue weighted by Gasteiger charge is -2.16. The second-order valence-corrected chi connectivity index (χ2v) is 5.20. The van der Waals surface area contributed by atoms with Crippen molar-refractivity contribution in [1.82, 2.24) is 0 Å². The number of non-ortho nitro benzene ring substituents is 1. The molecule has 2 rings (SSSR count). The Hall–Kier alpha value is -1.95. The van der Waals surface area contributed by atoms with Crippen LogP contribution in [0.1, 0.15) is 18.5 Å². The zero-order chi connectivity index (χ0) is 14.7. The average molecular weight is 339 g/mol. The van der Waals surface area contributed by atoms with Gasteiger partial charge in [-0.05, 0) is 46.6 Å². The molecule has 2 aromatic carbocycles. The number of rotatable bonds is 4. The van der Waals surface area contributed by atoms with Crippen LogP contribution in [0.4, 0.5) is 15.8 Å². The number of hydrogen-bond donors (Lipinski definition) is 1. The normalized spacial score (nSPS) is 11.9. The van der Waals surface area contributed by atoms with E-state index in [4.69, 9.17) is 0 Å². The van der Waals surface area contributed by atoms with Crippen molar-refractivity contribution in [1.29, 1.82) is 0 Å². The number of nitrogens with one attached hydrogen (secondary N) is 1. The van der Waals surface area contributed by atoms with Gasteiger partial charge in [-0.25, -0.2) is 4.39 Å². The highest BCUT2D eigenvalue weighted by atomic mass is 79.9. The Morgan fingerprint density at radius 2 is 1.90 bits per heavy atom. The van der Waals surface area contributed by atoms with Gasteiger partial charge in [-0.15, -0.1) is 0 Å². The van der Waals surface area contributed by atoms with E-state index >= 15 is 0 Å². The van der Waals surface area contributed by atoms with Crippen LogP contribution in [-0.4, -0.2) is 4.92 Å². The molecule has 1 N–H and O–H groups in total. The highest BCUT2D eigenvalue weighted by Gasteiger charge is 2.09. The number of nitro benzene ring substituents is 1. The van der Waals surface area contributed by atoms with Gasteiger partial charge in [0.15, 0.2) is 0 Å². The van der Waals surface area contributed by atoms with Crippen molar-refractivity contribution >= 4 is 27.3 Å². The Morgan fingerprint density at radius 3 is 2.45 bits per heavy atom. The summed E-state index contributed by atoms with van der Waals surface area (Å²) in [6.45, 7) is 1.93. The van der Waals surface area contributed by atoms with E-state index in [2.05, 4.69) is 21.2 Å². The van der Waals surface area contributed by atoms with Crippen molar-refractivity contribution in [3.05, 3.63) is 68.4 Å². The van der Waals surface area contributed by atoms with Gasteiger partial charge in [-0.1, -0.05) is 12.1 Å². The molecule has 4 nitrogen and oxygen atoms in total. The predicted molar refractivity (Wildman–Crippen MR) is 79.2 cm³/mol. The van der Waals surface area contributed by atoms with Gasteiger partial charge >= 0.3 is 0 Å². The lowest BCUT2D eigenvalue weighted by atomic mass is 10.1. The summed E-state index contributed by atoms with van der Waals surface area (Å²) in [5, 5.41) is 13.8. The van der Waals surface area contributed by atoms with Crippen molar-refractivity contribution in [3.63, 3.8) is 0 Å². The molecule has 0 fully saturated rings. The van der Waals surface area contributed by atoms with Crippen LogP contribution in [0.5, 0.6) is 0 Å². The SMILES string of the molecule is CC(Nc1ccc(F)c(Br)c1)c1ccc([N+](=O)[O-])cc1. The van der Waals surface area contributed by atoms with Crippen molar-refractivity contribution in [3.8, 4) is 0 Å². The van der Waals surface area contributed by atoms with Crippen molar-refractivity contribution in [2.24, 2.45) is 0 Å². The minimum Gasteiger partial charge on any atom is -0.378 e. The molecular formula is C14H12BrFN2O2. The first-order valence-electron chi connectivity index (χ1n) is 5.93. The van der Waals surface area contributed by atoms with Crippen molar-refractivity contribution in [2.45, 2.75) is 13.0 Å². The standard InChI is InChI=1S/C14H12BrFN2O2/c1-9(10-2-5-12(6-3-10)18(19)20)17-11-4-7-14(16)13(15)8-11/h2-9,17H,1H3. The van der Waals surface area contributed by atoms with Gasteiger partial charge in [0.05, 0.1) is 9.40 Å². The summed E-state index contributed by atoms with van der Waals surface area (Å²) in [6.07, 6.45) is 0. The fraction of sp³-hybridized carbons (Fsp3) is 0.143. The van der Waals surface area contributed by atoms with Crippen LogP contribution in [0.2, 0.25) is 0 Å². The lowest BCUT2D eigenvalue weighted by Crippen LogP contribution is -2.06. The van der Waals surface area contributed by atoms with Gasteiger partial charge in [0.1, 0.15) is 5.82 Å². The van der Waals surface area contributed by atoms with E-state index in [-0.39, 0.29) is 17.5 Å². The molecular weight excluding hydrogens is 327 g/mol. The zero-order valence-corrected chi connectivity index (χ0v) is 12.2. The van der Waals surface area contributed by atoms with Gasteiger partial charge in [0.2, 0.25) is 0 Å². The molecule has 0 aliphatic carbocycles. The van der Waals surface area contributed by atoms with E-state index in [1.165, 1.54) is 18.2 Å². The molecule has 1 unspecified atom stereocenters. The Labute approximate surface area is 123 Å². The Morgan fingerprint density at radius 1 is 1.25 bits per heavy atom. The van der Waals surface area contributed by atoms with Crippen molar-refractivity contribution in [2.75, 3.05) is 5.32 Å². The molecule has 6 heteroatoms. The monoisotopic (exact) mass is 338 g/mol. The molecule has 0 aliphatic rings. The number of nitro groups is 1. The number of nitrogens with zero attached hydrogens (tertiary/aromatic N) is 1. The van der Waals surface area contributed by atoms with Crippen LogP contribution in [0, 0.1) is 15.9 Å². The van der Waals surface area contributed by atoms with Gasteiger partial charge in [0.25, 0.3) is 5.69 Å². The summed E-state index contributed by atoms with van der Waals surface area (Å²) in [5.74, 6) is -0.321. The summed E-state index contributed by atoms with van der Waals surface area (Å²) >= 11 is 3.13. The van der Waals surface area contributed by atoms with E-state index in [1.807, 2.05) is 6.92 Å².